The largest absolute Gasteiger partial charge is 0.388 e. The van der Waals surface area contributed by atoms with E-state index >= 15 is 0 Å². The van der Waals surface area contributed by atoms with Gasteiger partial charge in [0.25, 0.3) is 0 Å². The van der Waals surface area contributed by atoms with Crippen molar-refractivity contribution >= 4 is 17.6 Å². The van der Waals surface area contributed by atoms with Crippen molar-refractivity contribution in [2.45, 2.75) is 30.8 Å². The summed E-state index contributed by atoms with van der Waals surface area (Å²) in [6.45, 7) is 1.05. The van der Waals surface area contributed by atoms with Gasteiger partial charge in [0.1, 0.15) is 24.1 Å². The van der Waals surface area contributed by atoms with E-state index in [2.05, 4.69) is 16.0 Å². The fraction of sp³-hybridized carbons (Fsp3) is 0.556. The number of urea groups is 1. The summed E-state index contributed by atoms with van der Waals surface area (Å²) >= 11 is 0. The minimum atomic E-state index is -1.24. The molecule has 3 amide bonds. The van der Waals surface area contributed by atoms with Crippen molar-refractivity contribution in [3.05, 3.63) is 30.1 Å². The predicted octanol–water partition coefficient (Wildman–Crippen LogP) is -0.496. The average molecular weight is 398 g/mol. The van der Waals surface area contributed by atoms with E-state index in [1.54, 1.807) is 0 Å². The molecule has 1 heterocycles. The van der Waals surface area contributed by atoms with Crippen LogP contribution in [0.2, 0.25) is 0 Å². The smallest absolute Gasteiger partial charge is 0.319 e. The first-order chi connectivity index (χ1) is 13.3. The molecule has 0 aliphatic carbocycles. The number of hydrogen-bond acceptors (Lipinski definition) is 6. The standard InChI is InChI=1S/C18H27FN4O5/c1-23(2)7-6-20-15(24)9-13-16(25)17(26)14(28-13)10-21-18(27)22-12-5-3-4-11(19)8-12/h3-5,8,13-14,16-17,25-26H,6-7,9-10H2,1-2H3,(H,20,24)(H2,21,22,27)/t13-,14+,16-,17+/m0/s1. The second-order valence-electron chi connectivity index (χ2n) is 6.90. The summed E-state index contributed by atoms with van der Waals surface area (Å²) in [4.78, 5) is 25.7. The van der Waals surface area contributed by atoms with Gasteiger partial charge in [-0.05, 0) is 32.3 Å². The highest BCUT2D eigenvalue weighted by Crippen LogP contribution is 2.23. The Morgan fingerprint density at radius 3 is 2.57 bits per heavy atom. The van der Waals surface area contributed by atoms with Gasteiger partial charge in [-0.3, -0.25) is 4.79 Å². The Hall–Kier alpha value is -2.27. The van der Waals surface area contributed by atoms with Crippen LogP contribution in [0.3, 0.4) is 0 Å². The van der Waals surface area contributed by atoms with Crippen molar-refractivity contribution < 1.29 is 28.9 Å². The van der Waals surface area contributed by atoms with Gasteiger partial charge >= 0.3 is 6.03 Å². The van der Waals surface area contributed by atoms with Crippen LogP contribution in [-0.4, -0.2) is 85.2 Å². The number of carbonyl (C=O) groups is 2. The third-order valence-electron chi connectivity index (χ3n) is 4.28. The van der Waals surface area contributed by atoms with E-state index in [1.165, 1.54) is 18.2 Å². The fourth-order valence-electron chi connectivity index (χ4n) is 2.77. The van der Waals surface area contributed by atoms with E-state index in [9.17, 15) is 24.2 Å². The number of carbonyl (C=O) groups excluding carboxylic acids is 2. The van der Waals surface area contributed by atoms with E-state index in [0.717, 1.165) is 6.07 Å². The SMILES string of the molecule is CN(C)CCNC(=O)C[C@@H]1O[C@H](CNC(=O)Nc2cccc(F)c2)[C@@H](O)[C@H]1O. The zero-order chi connectivity index (χ0) is 20.7. The van der Waals surface area contributed by atoms with E-state index in [4.69, 9.17) is 4.74 Å². The first-order valence-corrected chi connectivity index (χ1v) is 8.99. The number of benzene rings is 1. The van der Waals surface area contributed by atoms with E-state index in [-0.39, 0.29) is 24.6 Å². The molecular weight excluding hydrogens is 371 g/mol. The lowest BCUT2D eigenvalue weighted by molar-refractivity contribution is -0.125. The van der Waals surface area contributed by atoms with Crippen LogP contribution >= 0.6 is 0 Å². The van der Waals surface area contributed by atoms with Gasteiger partial charge in [-0.2, -0.15) is 0 Å². The lowest BCUT2D eigenvalue weighted by Crippen LogP contribution is -2.41. The maximum Gasteiger partial charge on any atom is 0.319 e. The van der Waals surface area contributed by atoms with Crippen LogP contribution in [-0.2, 0) is 9.53 Å². The quantitative estimate of drug-likeness (QED) is 0.403. The molecular formula is C18H27FN4O5. The number of likely N-dealkylation sites (N-methyl/N-ethyl adjacent to an activating group) is 1. The normalized spacial score (nSPS) is 24.2. The number of nitrogens with zero attached hydrogens (tertiary/aromatic N) is 1. The molecule has 0 radical (unpaired) electrons. The van der Waals surface area contributed by atoms with Crippen LogP contribution in [0.5, 0.6) is 0 Å². The number of aliphatic hydroxyl groups is 2. The Bertz CT molecular complexity index is 675. The second-order valence-corrected chi connectivity index (χ2v) is 6.90. The van der Waals surface area contributed by atoms with Crippen LogP contribution in [0.15, 0.2) is 24.3 Å². The van der Waals surface area contributed by atoms with Gasteiger partial charge in [-0.25, -0.2) is 9.18 Å². The van der Waals surface area contributed by atoms with E-state index < -0.39 is 36.3 Å². The summed E-state index contributed by atoms with van der Waals surface area (Å²) in [5.74, 6) is -0.780. The molecule has 28 heavy (non-hydrogen) atoms. The molecule has 0 spiro atoms. The molecule has 1 saturated heterocycles. The zero-order valence-electron chi connectivity index (χ0n) is 15.9. The molecule has 10 heteroatoms. The predicted molar refractivity (Wildman–Crippen MR) is 100 cm³/mol. The van der Waals surface area contributed by atoms with Gasteiger partial charge in [0, 0.05) is 25.3 Å². The molecule has 5 N–H and O–H groups in total. The van der Waals surface area contributed by atoms with Crippen LogP contribution in [0, 0.1) is 5.82 Å². The lowest BCUT2D eigenvalue weighted by atomic mass is 10.1. The van der Waals surface area contributed by atoms with Gasteiger partial charge < -0.3 is 35.8 Å². The highest BCUT2D eigenvalue weighted by molar-refractivity contribution is 5.89. The molecule has 2 rings (SSSR count). The molecule has 0 bridgehead atoms. The summed E-state index contributed by atoms with van der Waals surface area (Å²) < 4.78 is 18.7. The number of amides is 3. The number of halogens is 1. The summed E-state index contributed by atoms with van der Waals surface area (Å²) in [7, 11) is 3.77. The van der Waals surface area contributed by atoms with Gasteiger partial charge in [0.05, 0.1) is 12.5 Å². The summed E-state index contributed by atoms with van der Waals surface area (Å²) in [6, 6.07) is 4.79. The van der Waals surface area contributed by atoms with Crippen molar-refractivity contribution in [2.75, 3.05) is 39.0 Å². The van der Waals surface area contributed by atoms with E-state index in [1.807, 2.05) is 19.0 Å². The van der Waals surface area contributed by atoms with Crippen molar-refractivity contribution in [3.8, 4) is 0 Å². The first kappa shape index (κ1) is 22.0. The van der Waals surface area contributed by atoms with Crippen LogP contribution in [0.1, 0.15) is 6.42 Å². The number of nitrogens with one attached hydrogen (secondary N) is 3. The Kier molecular flexibility index (Phi) is 8.12. The monoisotopic (exact) mass is 398 g/mol. The van der Waals surface area contributed by atoms with Crippen molar-refractivity contribution in [1.82, 2.24) is 15.5 Å². The Morgan fingerprint density at radius 1 is 1.18 bits per heavy atom. The molecule has 0 unspecified atom stereocenters. The Labute approximate surface area is 162 Å². The number of rotatable bonds is 8. The van der Waals surface area contributed by atoms with Crippen molar-refractivity contribution in [2.24, 2.45) is 0 Å². The highest BCUT2D eigenvalue weighted by atomic mass is 19.1. The summed E-state index contributed by atoms with van der Waals surface area (Å²) in [5, 5.41) is 27.8. The maximum atomic E-state index is 13.1. The molecule has 0 aromatic heterocycles. The number of aliphatic hydroxyl groups excluding tert-OH is 2. The highest BCUT2D eigenvalue weighted by Gasteiger charge is 2.43. The molecule has 9 nitrogen and oxygen atoms in total. The average Bonchev–Trinajstić information content (AvgIpc) is 2.87. The Morgan fingerprint density at radius 2 is 1.89 bits per heavy atom. The molecule has 156 valence electrons. The second kappa shape index (κ2) is 10.3. The molecule has 1 aromatic carbocycles. The van der Waals surface area contributed by atoms with Gasteiger partial charge in [0.2, 0.25) is 5.91 Å². The molecule has 0 saturated carbocycles. The molecule has 4 atom stereocenters. The third kappa shape index (κ3) is 6.71. The molecule has 1 fully saturated rings. The topological polar surface area (TPSA) is 123 Å². The van der Waals surface area contributed by atoms with Crippen LogP contribution in [0.25, 0.3) is 0 Å². The third-order valence-corrected chi connectivity index (χ3v) is 4.28. The zero-order valence-corrected chi connectivity index (χ0v) is 15.9. The fourth-order valence-corrected chi connectivity index (χ4v) is 2.77. The molecule has 1 aliphatic heterocycles. The number of anilines is 1. The molecule has 1 aromatic rings. The summed E-state index contributed by atoms with van der Waals surface area (Å²) in [5.41, 5.74) is 0.276. The minimum Gasteiger partial charge on any atom is -0.388 e. The first-order valence-electron chi connectivity index (χ1n) is 8.99. The van der Waals surface area contributed by atoms with Crippen molar-refractivity contribution in [3.63, 3.8) is 0 Å². The maximum absolute atomic E-state index is 13.1. The number of hydrogen-bond donors (Lipinski definition) is 5. The van der Waals surface area contributed by atoms with Gasteiger partial charge in [-0.1, -0.05) is 6.07 Å². The summed E-state index contributed by atoms with van der Waals surface area (Å²) in [6.07, 6.45) is -4.32. The lowest BCUT2D eigenvalue weighted by Gasteiger charge is -2.16. The Balaban J connectivity index is 1.76. The van der Waals surface area contributed by atoms with Gasteiger partial charge in [0.15, 0.2) is 0 Å². The number of ether oxygens (including phenoxy) is 1. The van der Waals surface area contributed by atoms with Gasteiger partial charge in [-0.15, -0.1) is 0 Å². The van der Waals surface area contributed by atoms with Crippen LogP contribution in [0.4, 0.5) is 14.9 Å². The molecule has 1 aliphatic rings. The van der Waals surface area contributed by atoms with E-state index in [0.29, 0.717) is 13.1 Å². The van der Waals surface area contributed by atoms with Crippen molar-refractivity contribution in [1.29, 1.82) is 0 Å². The van der Waals surface area contributed by atoms with Crippen LogP contribution < -0.4 is 16.0 Å². The minimum absolute atomic E-state index is 0.0852.